The van der Waals surface area contributed by atoms with Crippen LogP contribution in [0.15, 0.2) is 18.3 Å². The maximum atomic E-state index is 9.67. The van der Waals surface area contributed by atoms with Crippen LogP contribution < -0.4 is 5.32 Å². The van der Waals surface area contributed by atoms with Crippen molar-refractivity contribution >= 4 is 0 Å². The van der Waals surface area contributed by atoms with Gasteiger partial charge in [0.15, 0.2) is 0 Å². The van der Waals surface area contributed by atoms with Crippen molar-refractivity contribution in [3.05, 3.63) is 29.6 Å². The Hall–Kier alpha value is -1.44. The molecule has 4 heteroatoms. The lowest BCUT2D eigenvalue weighted by Gasteiger charge is -2.13. The molecule has 0 aromatic carbocycles. The third-order valence-corrected chi connectivity index (χ3v) is 2.39. The van der Waals surface area contributed by atoms with Crippen molar-refractivity contribution in [3.8, 4) is 6.07 Å². The number of hydrogen-bond donors (Lipinski definition) is 2. The first-order valence-corrected chi connectivity index (χ1v) is 5.85. The molecule has 0 radical (unpaired) electrons. The fourth-order valence-corrected chi connectivity index (χ4v) is 1.66. The van der Waals surface area contributed by atoms with Gasteiger partial charge in [-0.25, -0.2) is 4.98 Å². The quantitative estimate of drug-likeness (QED) is 0.780. The fourth-order valence-electron chi connectivity index (χ4n) is 1.66. The molecular weight excluding hydrogens is 214 g/mol. The first-order valence-electron chi connectivity index (χ1n) is 5.85. The Morgan fingerprint density at radius 1 is 1.53 bits per heavy atom. The van der Waals surface area contributed by atoms with Crippen LogP contribution in [0, 0.1) is 17.2 Å². The summed E-state index contributed by atoms with van der Waals surface area (Å²) < 4.78 is 0. The number of nitrogens with zero attached hydrogens (tertiary/aromatic N) is 2. The van der Waals surface area contributed by atoms with E-state index in [0.29, 0.717) is 24.7 Å². The molecule has 0 aliphatic rings. The maximum Gasteiger partial charge on any atom is 0.140 e. The number of nitriles is 1. The summed E-state index contributed by atoms with van der Waals surface area (Å²) in [6.07, 6.45) is 2.11. The Morgan fingerprint density at radius 2 is 2.29 bits per heavy atom. The first kappa shape index (κ1) is 13.6. The van der Waals surface area contributed by atoms with E-state index in [1.807, 2.05) is 12.1 Å². The zero-order valence-electron chi connectivity index (χ0n) is 10.3. The molecule has 1 unspecified atom stereocenters. The summed E-state index contributed by atoms with van der Waals surface area (Å²) in [5, 5.41) is 21.5. The van der Waals surface area contributed by atoms with Gasteiger partial charge in [-0.1, -0.05) is 13.8 Å². The van der Waals surface area contributed by atoms with E-state index in [-0.39, 0.29) is 6.10 Å². The van der Waals surface area contributed by atoms with E-state index >= 15 is 0 Å². The van der Waals surface area contributed by atoms with Crippen LogP contribution in [-0.4, -0.2) is 22.7 Å². The van der Waals surface area contributed by atoms with Gasteiger partial charge in [-0.05, 0) is 30.0 Å². The number of aromatic nitrogens is 1. The predicted octanol–water partition coefficient (Wildman–Crippen LogP) is 1.45. The highest BCUT2D eigenvalue weighted by atomic mass is 16.3. The minimum atomic E-state index is -0.313. The van der Waals surface area contributed by atoms with Crippen molar-refractivity contribution in [1.82, 2.24) is 10.3 Å². The SMILES string of the molecule is CC(C)CC(O)CNCc1ccnc(C#N)c1. The topological polar surface area (TPSA) is 68.9 Å². The summed E-state index contributed by atoms with van der Waals surface area (Å²) in [5.74, 6) is 0.498. The van der Waals surface area contributed by atoms with Gasteiger partial charge in [0.2, 0.25) is 0 Å². The summed E-state index contributed by atoms with van der Waals surface area (Å²) in [7, 11) is 0. The largest absolute Gasteiger partial charge is 0.392 e. The Balaban J connectivity index is 2.33. The lowest BCUT2D eigenvalue weighted by atomic mass is 10.1. The summed E-state index contributed by atoms with van der Waals surface area (Å²) in [6, 6.07) is 5.62. The van der Waals surface area contributed by atoms with E-state index in [1.54, 1.807) is 12.3 Å². The molecule has 1 heterocycles. The molecule has 0 saturated heterocycles. The van der Waals surface area contributed by atoms with Crippen molar-refractivity contribution < 1.29 is 5.11 Å². The zero-order valence-corrected chi connectivity index (χ0v) is 10.3. The third kappa shape index (κ3) is 5.43. The summed E-state index contributed by atoms with van der Waals surface area (Å²) >= 11 is 0. The maximum absolute atomic E-state index is 9.67. The van der Waals surface area contributed by atoms with E-state index < -0.39 is 0 Å². The molecule has 0 bridgehead atoms. The molecule has 2 N–H and O–H groups in total. The van der Waals surface area contributed by atoms with Gasteiger partial charge in [0.1, 0.15) is 11.8 Å². The second-order valence-corrected chi connectivity index (χ2v) is 4.58. The molecule has 0 saturated carbocycles. The Morgan fingerprint density at radius 3 is 2.94 bits per heavy atom. The molecule has 1 aromatic rings. The molecule has 1 atom stereocenters. The minimum Gasteiger partial charge on any atom is -0.392 e. The molecule has 0 spiro atoms. The van der Waals surface area contributed by atoms with E-state index in [9.17, 15) is 5.11 Å². The van der Waals surface area contributed by atoms with Gasteiger partial charge in [-0.3, -0.25) is 0 Å². The molecule has 0 amide bonds. The van der Waals surface area contributed by atoms with Crippen molar-refractivity contribution in [1.29, 1.82) is 5.26 Å². The molecule has 0 aliphatic carbocycles. The third-order valence-electron chi connectivity index (χ3n) is 2.39. The first-order chi connectivity index (χ1) is 8.11. The van der Waals surface area contributed by atoms with Crippen LogP contribution in [0.5, 0.6) is 0 Å². The van der Waals surface area contributed by atoms with Gasteiger partial charge in [0.25, 0.3) is 0 Å². The van der Waals surface area contributed by atoms with Crippen LogP contribution in [0.4, 0.5) is 0 Å². The fraction of sp³-hybridized carbons (Fsp3) is 0.538. The average molecular weight is 233 g/mol. The predicted molar refractivity (Wildman–Crippen MR) is 66.1 cm³/mol. The number of aliphatic hydroxyl groups excluding tert-OH is 1. The molecule has 4 nitrogen and oxygen atoms in total. The zero-order chi connectivity index (χ0) is 12.7. The second-order valence-electron chi connectivity index (χ2n) is 4.58. The van der Waals surface area contributed by atoms with Gasteiger partial charge in [0.05, 0.1) is 6.10 Å². The highest BCUT2D eigenvalue weighted by Gasteiger charge is 2.06. The van der Waals surface area contributed by atoms with Crippen LogP contribution >= 0.6 is 0 Å². The van der Waals surface area contributed by atoms with E-state index in [1.165, 1.54) is 0 Å². The number of hydrogen-bond acceptors (Lipinski definition) is 4. The Kier molecular flexibility index (Phi) is 5.61. The van der Waals surface area contributed by atoms with Gasteiger partial charge in [-0.15, -0.1) is 0 Å². The summed E-state index contributed by atoms with van der Waals surface area (Å²) in [5.41, 5.74) is 1.43. The molecule has 1 aromatic heterocycles. The highest BCUT2D eigenvalue weighted by molar-refractivity contribution is 5.25. The van der Waals surface area contributed by atoms with Crippen molar-refractivity contribution in [2.24, 2.45) is 5.92 Å². The number of rotatable bonds is 6. The standard InChI is InChI=1S/C13H19N3O/c1-10(2)5-13(17)9-15-8-11-3-4-16-12(6-11)7-14/h3-4,6,10,13,15,17H,5,8-9H2,1-2H3. The lowest BCUT2D eigenvalue weighted by Crippen LogP contribution is -2.27. The monoisotopic (exact) mass is 233 g/mol. The van der Waals surface area contributed by atoms with Crippen LogP contribution in [-0.2, 0) is 6.54 Å². The molecular formula is C13H19N3O. The molecule has 0 fully saturated rings. The van der Waals surface area contributed by atoms with E-state index in [2.05, 4.69) is 24.1 Å². The second kappa shape index (κ2) is 7.00. The van der Waals surface area contributed by atoms with E-state index in [4.69, 9.17) is 5.26 Å². The number of pyridine rings is 1. The number of nitrogens with one attached hydrogen (secondary N) is 1. The summed E-state index contributed by atoms with van der Waals surface area (Å²) in [4.78, 5) is 3.90. The van der Waals surface area contributed by atoms with Crippen LogP contribution in [0.1, 0.15) is 31.5 Å². The smallest absolute Gasteiger partial charge is 0.140 e. The van der Waals surface area contributed by atoms with Crippen LogP contribution in [0.25, 0.3) is 0 Å². The van der Waals surface area contributed by atoms with Crippen molar-refractivity contribution in [2.75, 3.05) is 6.54 Å². The molecule has 1 rings (SSSR count). The van der Waals surface area contributed by atoms with Gasteiger partial charge >= 0.3 is 0 Å². The molecule has 17 heavy (non-hydrogen) atoms. The van der Waals surface area contributed by atoms with Crippen LogP contribution in [0.3, 0.4) is 0 Å². The normalized spacial score (nSPS) is 12.4. The van der Waals surface area contributed by atoms with Crippen molar-refractivity contribution in [2.45, 2.75) is 32.9 Å². The Labute approximate surface area is 102 Å². The van der Waals surface area contributed by atoms with E-state index in [0.717, 1.165) is 12.0 Å². The molecule has 92 valence electrons. The lowest BCUT2D eigenvalue weighted by molar-refractivity contribution is 0.146. The van der Waals surface area contributed by atoms with Gasteiger partial charge in [-0.2, -0.15) is 5.26 Å². The highest BCUT2D eigenvalue weighted by Crippen LogP contribution is 2.04. The van der Waals surface area contributed by atoms with Crippen LogP contribution in [0.2, 0.25) is 0 Å². The number of aliphatic hydroxyl groups is 1. The van der Waals surface area contributed by atoms with Gasteiger partial charge < -0.3 is 10.4 Å². The summed E-state index contributed by atoms with van der Waals surface area (Å²) in [6.45, 7) is 5.39. The average Bonchev–Trinajstić information content (AvgIpc) is 2.28. The minimum absolute atomic E-state index is 0.313. The molecule has 0 aliphatic heterocycles. The Bertz CT molecular complexity index is 384. The van der Waals surface area contributed by atoms with Gasteiger partial charge in [0, 0.05) is 19.3 Å². The van der Waals surface area contributed by atoms with Crippen molar-refractivity contribution in [3.63, 3.8) is 0 Å².